The zero-order valence-corrected chi connectivity index (χ0v) is 19.0. The van der Waals surface area contributed by atoms with E-state index in [-0.39, 0.29) is 11.7 Å². The highest BCUT2D eigenvalue weighted by Gasteiger charge is 2.27. The summed E-state index contributed by atoms with van der Waals surface area (Å²) in [6.07, 6.45) is 8.05. The van der Waals surface area contributed by atoms with E-state index in [0.29, 0.717) is 36.0 Å². The summed E-state index contributed by atoms with van der Waals surface area (Å²) in [4.78, 5) is 23.1. The molecule has 1 amide bonds. The zero-order chi connectivity index (χ0) is 23.4. The third kappa shape index (κ3) is 5.11. The second-order valence-electron chi connectivity index (χ2n) is 7.99. The second kappa shape index (κ2) is 9.95. The van der Waals surface area contributed by atoms with Crippen molar-refractivity contribution in [2.24, 2.45) is 0 Å². The van der Waals surface area contributed by atoms with Crippen molar-refractivity contribution < 1.29 is 13.9 Å². The maximum absolute atomic E-state index is 14.7. The lowest BCUT2D eigenvalue weighted by atomic mass is 10.0. The van der Waals surface area contributed by atoms with Gasteiger partial charge in [-0.05, 0) is 42.6 Å². The Labute approximate surface area is 192 Å². The molecule has 2 aromatic heterocycles. The quantitative estimate of drug-likeness (QED) is 0.514. The van der Waals surface area contributed by atoms with E-state index in [1.54, 1.807) is 24.7 Å². The molecule has 1 aliphatic rings. The van der Waals surface area contributed by atoms with Gasteiger partial charge in [0.05, 0.1) is 25.0 Å². The van der Waals surface area contributed by atoms with Crippen molar-refractivity contribution in [3.8, 4) is 5.75 Å². The molecule has 1 saturated heterocycles. The number of benzene rings is 1. The standard InChI is InChI=1S/C23H28FN7O2/c1-4-30-13-19(14-30)31-12-18(11-28-31)29-23-26-9-15(10-27-23)5-6-16-7-17(22(32)25-2)8-20(33-3)21(16)24/h7-12,19H,4-6,13-14H2,1-3H3,(H,25,32)(H,26,27,29). The van der Waals surface area contributed by atoms with E-state index < -0.39 is 5.82 Å². The van der Waals surface area contributed by atoms with E-state index in [1.807, 2.05) is 10.9 Å². The maximum Gasteiger partial charge on any atom is 0.251 e. The van der Waals surface area contributed by atoms with Crippen LogP contribution in [0.1, 0.15) is 34.5 Å². The van der Waals surface area contributed by atoms with Gasteiger partial charge in [-0.15, -0.1) is 0 Å². The molecule has 0 unspecified atom stereocenters. The molecule has 2 N–H and O–H groups in total. The highest BCUT2D eigenvalue weighted by Crippen LogP contribution is 2.25. The fourth-order valence-corrected chi connectivity index (χ4v) is 3.79. The van der Waals surface area contributed by atoms with Gasteiger partial charge in [0.1, 0.15) is 0 Å². The van der Waals surface area contributed by atoms with Crippen molar-refractivity contribution >= 4 is 17.5 Å². The number of likely N-dealkylation sites (tertiary alicyclic amines) is 1. The van der Waals surface area contributed by atoms with Crippen molar-refractivity contribution in [3.05, 3.63) is 59.4 Å². The molecule has 33 heavy (non-hydrogen) atoms. The molecule has 0 bridgehead atoms. The normalized spacial score (nSPS) is 14.1. The Morgan fingerprint density at radius 3 is 2.64 bits per heavy atom. The van der Waals surface area contributed by atoms with Crippen LogP contribution in [0.3, 0.4) is 0 Å². The van der Waals surface area contributed by atoms with E-state index in [4.69, 9.17) is 4.74 Å². The summed E-state index contributed by atoms with van der Waals surface area (Å²) < 4.78 is 21.7. The fraction of sp³-hybridized carbons (Fsp3) is 0.391. The minimum absolute atomic E-state index is 0.0479. The number of carbonyl (C=O) groups is 1. The number of nitrogens with one attached hydrogen (secondary N) is 2. The number of likely N-dealkylation sites (N-methyl/N-ethyl adjacent to an activating group) is 1. The monoisotopic (exact) mass is 453 g/mol. The van der Waals surface area contributed by atoms with Gasteiger partial charge in [-0.25, -0.2) is 14.4 Å². The maximum atomic E-state index is 14.7. The number of aromatic nitrogens is 4. The van der Waals surface area contributed by atoms with Crippen LogP contribution in [-0.4, -0.2) is 64.3 Å². The molecule has 0 spiro atoms. The third-order valence-electron chi connectivity index (χ3n) is 5.83. The molecular weight excluding hydrogens is 425 g/mol. The number of ether oxygens (including phenoxy) is 1. The summed E-state index contributed by atoms with van der Waals surface area (Å²) in [5, 5.41) is 10.1. The van der Waals surface area contributed by atoms with E-state index in [1.165, 1.54) is 20.2 Å². The smallest absolute Gasteiger partial charge is 0.251 e. The lowest BCUT2D eigenvalue weighted by Crippen LogP contribution is -2.47. The summed E-state index contributed by atoms with van der Waals surface area (Å²) in [5.41, 5.74) is 2.44. The average Bonchev–Trinajstić information content (AvgIpc) is 3.26. The number of carbonyl (C=O) groups excluding carboxylic acids is 1. The van der Waals surface area contributed by atoms with Crippen LogP contribution < -0.4 is 15.4 Å². The van der Waals surface area contributed by atoms with Crippen molar-refractivity contribution in [3.63, 3.8) is 0 Å². The average molecular weight is 454 g/mol. The Balaban J connectivity index is 1.37. The Morgan fingerprint density at radius 2 is 1.97 bits per heavy atom. The fourth-order valence-electron chi connectivity index (χ4n) is 3.79. The number of hydrogen-bond acceptors (Lipinski definition) is 7. The minimum Gasteiger partial charge on any atom is -0.494 e. The van der Waals surface area contributed by atoms with Gasteiger partial charge in [-0.2, -0.15) is 5.10 Å². The molecule has 0 aliphatic carbocycles. The van der Waals surface area contributed by atoms with E-state index in [2.05, 4.69) is 37.5 Å². The van der Waals surface area contributed by atoms with Crippen LogP contribution in [-0.2, 0) is 12.8 Å². The molecule has 0 saturated carbocycles. The molecule has 3 heterocycles. The van der Waals surface area contributed by atoms with Crippen LogP contribution in [0, 0.1) is 5.82 Å². The van der Waals surface area contributed by atoms with Crippen molar-refractivity contribution in [1.82, 2.24) is 30.0 Å². The Morgan fingerprint density at radius 1 is 1.21 bits per heavy atom. The SMILES string of the molecule is CCN1CC(n2cc(Nc3ncc(CCc4cc(C(=O)NC)cc(OC)c4F)cn3)cn2)C1. The first-order chi connectivity index (χ1) is 16.0. The van der Waals surface area contributed by atoms with Gasteiger partial charge in [0.25, 0.3) is 5.91 Å². The predicted molar refractivity (Wildman–Crippen MR) is 122 cm³/mol. The van der Waals surface area contributed by atoms with Gasteiger partial charge in [-0.1, -0.05) is 6.92 Å². The summed E-state index contributed by atoms with van der Waals surface area (Å²) >= 11 is 0. The number of nitrogens with zero attached hydrogens (tertiary/aromatic N) is 5. The first-order valence-electron chi connectivity index (χ1n) is 10.9. The van der Waals surface area contributed by atoms with Gasteiger partial charge >= 0.3 is 0 Å². The van der Waals surface area contributed by atoms with Gasteiger partial charge < -0.3 is 15.4 Å². The Bertz CT molecular complexity index is 1110. The molecule has 0 atom stereocenters. The molecule has 0 radical (unpaired) electrons. The van der Waals surface area contributed by atoms with E-state index in [9.17, 15) is 9.18 Å². The summed E-state index contributed by atoms with van der Waals surface area (Å²) in [6.45, 7) is 5.24. The number of rotatable bonds is 9. The molecule has 1 aliphatic heterocycles. The third-order valence-corrected chi connectivity index (χ3v) is 5.83. The second-order valence-corrected chi connectivity index (χ2v) is 7.99. The minimum atomic E-state index is -0.463. The first kappa shape index (κ1) is 22.7. The van der Waals surface area contributed by atoms with E-state index >= 15 is 0 Å². The number of halogens is 1. The van der Waals surface area contributed by atoms with Crippen molar-refractivity contribution in [1.29, 1.82) is 0 Å². The number of anilines is 2. The molecule has 3 aromatic rings. The van der Waals surface area contributed by atoms with Crippen LogP contribution in [0.5, 0.6) is 5.75 Å². The number of methoxy groups -OCH3 is 1. The number of amides is 1. The highest BCUT2D eigenvalue weighted by molar-refractivity contribution is 5.94. The van der Waals surface area contributed by atoms with Gasteiger partial charge in [-0.3, -0.25) is 14.4 Å². The molecule has 10 heteroatoms. The van der Waals surface area contributed by atoms with Crippen LogP contribution in [0.2, 0.25) is 0 Å². The molecule has 1 aromatic carbocycles. The molecular formula is C23H28FN7O2. The van der Waals surface area contributed by atoms with Crippen LogP contribution in [0.25, 0.3) is 0 Å². The topological polar surface area (TPSA) is 97.2 Å². The van der Waals surface area contributed by atoms with Gasteiger partial charge in [0.2, 0.25) is 5.95 Å². The van der Waals surface area contributed by atoms with Crippen molar-refractivity contribution in [2.45, 2.75) is 25.8 Å². The van der Waals surface area contributed by atoms with Gasteiger partial charge in [0, 0.05) is 44.3 Å². The number of aryl methyl sites for hydroxylation is 2. The van der Waals surface area contributed by atoms with Crippen LogP contribution in [0.4, 0.5) is 16.0 Å². The largest absolute Gasteiger partial charge is 0.494 e. The first-order valence-corrected chi connectivity index (χ1v) is 10.9. The molecule has 174 valence electrons. The lowest BCUT2D eigenvalue weighted by molar-refractivity contribution is 0.0962. The summed E-state index contributed by atoms with van der Waals surface area (Å²) in [7, 11) is 2.91. The zero-order valence-electron chi connectivity index (χ0n) is 19.0. The summed E-state index contributed by atoms with van der Waals surface area (Å²) in [6, 6.07) is 3.35. The molecule has 9 nitrogen and oxygen atoms in total. The molecule has 1 fully saturated rings. The van der Waals surface area contributed by atoms with Crippen LogP contribution in [0.15, 0.2) is 36.9 Å². The van der Waals surface area contributed by atoms with Crippen LogP contribution >= 0.6 is 0 Å². The number of hydrogen-bond donors (Lipinski definition) is 2. The Hall–Kier alpha value is -3.53. The van der Waals surface area contributed by atoms with E-state index in [0.717, 1.165) is 30.9 Å². The molecule has 4 rings (SSSR count). The summed E-state index contributed by atoms with van der Waals surface area (Å²) in [5.74, 6) is -0.241. The Kier molecular flexibility index (Phi) is 6.83. The highest BCUT2D eigenvalue weighted by atomic mass is 19.1. The van der Waals surface area contributed by atoms with Crippen molar-refractivity contribution in [2.75, 3.05) is 39.1 Å². The lowest BCUT2D eigenvalue weighted by Gasteiger charge is -2.38. The van der Waals surface area contributed by atoms with Gasteiger partial charge in [0.15, 0.2) is 11.6 Å². The predicted octanol–water partition coefficient (Wildman–Crippen LogP) is 2.59.